The van der Waals surface area contributed by atoms with Crippen LogP contribution in [-0.4, -0.2) is 28.3 Å². The molecule has 0 bridgehead atoms. The van der Waals surface area contributed by atoms with Crippen LogP contribution in [0, 0.1) is 0 Å². The Morgan fingerprint density at radius 1 is 1.39 bits per heavy atom. The van der Waals surface area contributed by atoms with Crippen LogP contribution in [0.1, 0.15) is 16.1 Å². The van der Waals surface area contributed by atoms with Gasteiger partial charge in [0, 0.05) is 10.0 Å². The first-order valence-corrected chi connectivity index (χ1v) is 8.41. The van der Waals surface area contributed by atoms with Crippen LogP contribution >= 0.6 is 27.7 Å². The van der Waals surface area contributed by atoms with Crippen LogP contribution in [0.3, 0.4) is 0 Å². The zero-order valence-corrected chi connectivity index (χ0v) is 14.5. The number of esters is 1. The third-order valence-corrected chi connectivity index (χ3v) is 4.62. The van der Waals surface area contributed by atoms with Crippen molar-refractivity contribution in [3.05, 3.63) is 52.4 Å². The molecule has 0 aliphatic rings. The van der Waals surface area contributed by atoms with Crippen LogP contribution in [0.2, 0.25) is 0 Å². The standard InChI is InChI=1S/C15H12BrN3O3S/c1-21-14(20)10-6-7-22-12(10)8-23-15-17-13(18-19-15)9-4-2-3-5-11(9)16/h2-7H,8H2,1H3,(H,17,18,19). The fourth-order valence-corrected chi connectivity index (χ4v) is 3.18. The van der Waals surface area contributed by atoms with Gasteiger partial charge in [-0.3, -0.25) is 5.10 Å². The summed E-state index contributed by atoms with van der Waals surface area (Å²) in [5.74, 6) is 1.23. The largest absolute Gasteiger partial charge is 0.468 e. The van der Waals surface area contributed by atoms with E-state index in [1.165, 1.54) is 25.1 Å². The maximum absolute atomic E-state index is 11.6. The molecule has 0 radical (unpaired) electrons. The minimum absolute atomic E-state index is 0.418. The van der Waals surface area contributed by atoms with E-state index in [1.807, 2.05) is 24.3 Å². The molecule has 8 heteroatoms. The molecule has 0 spiro atoms. The number of aromatic amines is 1. The normalized spacial score (nSPS) is 10.7. The minimum Gasteiger partial charge on any atom is -0.468 e. The van der Waals surface area contributed by atoms with E-state index < -0.39 is 5.97 Å². The van der Waals surface area contributed by atoms with E-state index in [0.29, 0.717) is 28.1 Å². The van der Waals surface area contributed by atoms with E-state index in [2.05, 4.69) is 31.1 Å². The number of furan rings is 1. The van der Waals surface area contributed by atoms with E-state index >= 15 is 0 Å². The predicted octanol–water partition coefficient (Wildman–Crippen LogP) is 3.91. The van der Waals surface area contributed by atoms with Gasteiger partial charge in [0.1, 0.15) is 11.3 Å². The van der Waals surface area contributed by atoms with Gasteiger partial charge in [0.2, 0.25) is 5.16 Å². The zero-order chi connectivity index (χ0) is 16.2. The first kappa shape index (κ1) is 15.8. The summed E-state index contributed by atoms with van der Waals surface area (Å²) in [6.07, 6.45) is 1.46. The van der Waals surface area contributed by atoms with Crippen molar-refractivity contribution in [1.82, 2.24) is 15.2 Å². The zero-order valence-electron chi connectivity index (χ0n) is 12.1. The number of halogens is 1. The molecule has 3 rings (SSSR count). The molecule has 0 saturated heterocycles. The second-order valence-corrected chi connectivity index (χ2v) is 6.28. The Balaban J connectivity index is 1.72. The smallest absolute Gasteiger partial charge is 0.341 e. The predicted molar refractivity (Wildman–Crippen MR) is 89.1 cm³/mol. The third kappa shape index (κ3) is 3.48. The van der Waals surface area contributed by atoms with Gasteiger partial charge in [0.05, 0.1) is 19.1 Å². The fraction of sp³-hybridized carbons (Fsp3) is 0.133. The Kier molecular flexibility index (Phi) is 4.82. The fourth-order valence-electron chi connectivity index (χ4n) is 1.96. The van der Waals surface area contributed by atoms with Crippen LogP contribution < -0.4 is 0 Å². The van der Waals surface area contributed by atoms with Gasteiger partial charge < -0.3 is 9.15 Å². The number of nitrogens with zero attached hydrogens (tertiary/aromatic N) is 2. The molecule has 3 aromatic rings. The average Bonchev–Trinajstić information content (AvgIpc) is 3.21. The third-order valence-electron chi connectivity index (χ3n) is 3.08. The highest BCUT2D eigenvalue weighted by Gasteiger charge is 2.16. The molecule has 0 amide bonds. The van der Waals surface area contributed by atoms with Crippen molar-refractivity contribution in [3.8, 4) is 11.4 Å². The number of methoxy groups -OCH3 is 1. The van der Waals surface area contributed by atoms with Gasteiger partial charge in [0.15, 0.2) is 5.82 Å². The molecule has 2 aromatic heterocycles. The maximum Gasteiger partial charge on any atom is 0.341 e. The molecular formula is C15H12BrN3O3S. The summed E-state index contributed by atoms with van der Waals surface area (Å²) in [5.41, 5.74) is 1.35. The number of nitrogens with one attached hydrogen (secondary N) is 1. The van der Waals surface area contributed by atoms with Crippen molar-refractivity contribution in [2.24, 2.45) is 0 Å². The van der Waals surface area contributed by atoms with Gasteiger partial charge in [-0.2, -0.15) is 0 Å². The van der Waals surface area contributed by atoms with Crippen molar-refractivity contribution in [3.63, 3.8) is 0 Å². The second-order valence-electron chi connectivity index (χ2n) is 4.48. The first-order valence-electron chi connectivity index (χ1n) is 6.64. The van der Waals surface area contributed by atoms with Crippen molar-refractivity contribution in [2.45, 2.75) is 10.9 Å². The molecule has 1 N–H and O–H groups in total. The number of H-pyrrole nitrogens is 1. The molecule has 1 aromatic carbocycles. The molecule has 0 atom stereocenters. The minimum atomic E-state index is -0.418. The molecule has 2 heterocycles. The Hall–Kier alpha value is -2.06. The number of rotatable bonds is 5. The molecule has 0 aliphatic heterocycles. The lowest BCUT2D eigenvalue weighted by Gasteiger charge is -1.99. The topological polar surface area (TPSA) is 81.0 Å². The summed E-state index contributed by atoms with van der Waals surface area (Å²) in [6.45, 7) is 0. The SMILES string of the molecule is COC(=O)c1ccoc1CSc1n[nH]c(-c2ccccc2Br)n1. The number of aromatic nitrogens is 3. The van der Waals surface area contributed by atoms with Crippen LogP contribution in [-0.2, 0) is 10.5 Å². The monoisotopic (exact) mass is 393 g/mol. The summed E-state index contributed by atoms with van der Waals surface area (Å²) < 4.78 is 11.0. The summed E-state index contributed by atoms with van der Waals surface area (Å²) in [4.78, 5) is 16.0. The van der Waals surface area contributed by atoms with Gasteiger partial charge in [-0.25, -0.2) is 9.78 Å². The molecule has 0 fully saturated rings. The van der Waals surface area contributed by atoms with Gasteiger partial charge in [-0.05, 0) is 12.1 Å². The van der Waals surface area contributed by atoms with E-state index in [0.717, 1.165) is 10.0 Å². The lowest BCUT2D eigenvalue weighted by atomic mass is 10.2. The molecule has 0 unspecified atom stereocenters. The molecule has 118 valence electrons. The lowest BCUT2D eigenvalue weighted by Crippen LogP contribution is -2.02. The molecule has 23 heavy (non-hydrogen) atoms. The number of benzene rings is 1. The van der Waals surface area contributed by atoms with E-state index in [1.54, 1.807) is 6.07 Å². The van der Waals surface area contributed by atoms with Crippen LogP contribution in [0.4, 0.5) is 0 Å². The number of ether oxygens (including phenoxy) is 1. The number of carbonyl (C=O) groups is 1. The average molecular weight is 394 g/mol. The molecule has 0 saturated carbocycles. The summed E-state index contributed by atoms with van der Waals surface area (Å²) in [5, 5.41) is 7.66. The van der Waals surface area contributed by atoms with Crippen LogP contribution in [0.15, 0.2) is 50.6 Å². The highest BCUT2D eigenvalue weighted by molar-refractivity contribution is 9.10. The van der Waals surface area contributed by atoms with Crippen LogP contribution in [0.25, 0.3) is 11.4 Å². The van der Waals surface area contributed by atoms with E-state index in [-0.39, 0.29) is 0 Å². The van der Waals surface area contributed by atoms with E-state index in [4.69, 9.17) is 9.15 Å². The first-order chi connectivity index (χ1) is 11.2. The van der Waals surface area contributed by atoms with Crippen LogP contribution in [0.5, 0.6) is 0 Å². The summed E-state index contributed by atoms with van der Waals surface area (Å²) >= 11 is 4.86. The molecule has 0 aliphatic carbocycles. The quantitative estimate of drug-likeness (QED) is 0.522. The summed E-state index contributed by atoms with van der Waals surface area (Å²) in [7, 11) is 1.34. The van der Waals surface area contributed by atoms with Gasteiger partial charge >= 0.3 is 5.97 Å². The number of carbonyl (C=O) groups excluding carboxylic acids is 1. The van der Waals surface area contributed by atoms with Gasteiger partial charge in [0.25, 0.3) is 0 Å². The van der Waals surface area contributed by atoms with Gasteiger partial charge in [-0.15, -0.1) is 5.10 Å². The number of hydrogen-bond donors (Lipinski definition) is 1. The van der Waals surface area contributed by atoms with E-state index in [9.17, 15) is 4.79 Å². The van der Waals surface area contributed by atoms with Gasteiger partial charge in [-0.1, -0.05) is 45.9 Å². The van der Waals surface area contributed by atoms with Crippen molar-refractivity contribution >= 4 is 33.7 Å². The highest BCUT2D eigenvalue weighted by Crippen LogP contribution is 2.28. The Morgan fingerprint density at radius 2 is 2.22 bits per heavy atom. The maximum atomic E-state index is 11.6. The Labute approximate surface area is 144 Å². The lowest BCUT2D eigenvalue weighted by molar-refractivity contribution is 0.0598. The number of thioether (sulfide) groups is 1. The molecular weight excluding hydrogens is 382 g/mol. The van der Waals surface area contributed by atoms with Crippen molar-refractivity contribution in [2.75, 3.05) is 7.11 Å². The number of hydrogen-bond acceptors (Lipinski definition) is 6. The second kappa shape index (κ2) is 7.01. The Morgan fingerprint density at radius 3 is 3.00 bits per heavy atom. The Bertz CT molecular complexity index is 831. The van der Waals surface area contributed by atoms with Crippen molar-refractivity contribution < 1.29 is 13.9 Å². The van der Waals surface area contributed by atoms with Crippen molar-refractivity contribution in [1.29, 1.82) is 0 Å². The summed E-state index contributed by atoms with van der Waals surface area (Å²) in [6, 6.07) is 9.34. The highest BCUT2D eigenvalue weighted by atomic mass is 79.9. The molecule has 6 nitrogen and oxygen atoms in total.